The van der Waals surface area contributed by atoms with Crippen LogP contribution in [0.4, 0.5) is 0 Å². The summed E-state index contributed by atoms with van der Waals surface area (Å²) in [5.74, 6) is 0.753. The van der Waals surface area contributed by atoms with Gasteiger partial charge < -0.3 is 9.47 Å². The summed E-state index contributed by atoms with van der Waals surface area (Å²) in [7, 11) is 1.52. The Kier molecular flexibility index (Phi) is 3.64. The van der Waals surface area contributed by atoms with Gasteiger partial charge in [-0.05, 0) is 12.8 Å². The molecule has 0 saturated carbocycles. The molecule has 1 aliphatic rings. The third-order valence-corrected chi connectivity index (χ3v) is 4.85. The van der Waals surface area contributed by atoms with Crippen LogP contribution in [0.5, 0.6) is 5.88 Å². The van der Waals surface area contributed by atoms with Crippen molar-refractivity contribution in [2.24, 2.45) is 0 Å². The van der Waals surface area contributed by atoms with Crippen LogP contribution in [0.15, 0.2) is 29.6 Å². The molecule has 1 saturated heterocycles. The summed E-state index contributed by atoms with van der Waals surface area (Å²) in [6.07, 6.45) is 8.31. The zero-order chi connectivity index (χ0) is 18.4. The summed E-state index contributed by atoms with van der Waals surface area (Å²) in [5, 5.41) is 4.31. The van der Waals surface area contributed by atoms with Crippen LogP contribution < -0.4 is 10.4 Å². The average Bonchev–Trinajstić information content (AvgIpc) is 3.28. The number of nitrogens with one attached hydrogen (secondary N) is 1. The zero-order valence-electron chi connectivity index (χ0n) is 14.6. The highest BCUT2D eigenvalue weighted by molar-refractivity contribution is 5.82. The molecule has 0 radical (unpaired) electrons. The van der Waals surface area contributed by atoms with Crippen molar-refractivity contribution in [3.05, 3.63) is 35.3 Å². The Hall–Kier alpha value is -3.27. The summed E-state index contributed by atoms with van der Waals surface area (Å²) >= 11 is 0. The van der Waals surface area contributed by atoms with E-state index in [2.05, 4.69) is 20.1 Å². The molecule has 0 bridgehead atoms. The summed E-state index contributed by atoms with van der Waals surface area (Å²) in [6, 6.07) is 0.0260. The first kappa shape index (κ1) is 15.9. The van der Waals surface area contributed by atoms with E-state index in [1.807, 2.05) is 0 Å². The number of methoxy groups -OCH3 is 1. The molecule has 5 rings (SSSR count). The Morgan fingerprint density at radius 3 is 2.93 bits per heavy atom. The van der Waals surface area contributed by atoms with Gasteiger partial charge in [0.15, 0.2) is 11.5 Å². The summed E-state index contributed by atoms with van der Waals surface area (Å²) in [6.45, 7) is 1.25. The standard InChI is InChI=1S/C17H17N7O3/c1-26-16-13-15(24(17(25)20-13)10-2-6-27-7-3-10)21-14(22-16)11-8-19-23-5-4-18-9-12(11)23/h4-5,8-10H,2-3,6-7H2,1H3,(H,20,25). The zero-order valence-corrected chi connectivity index (χ0v) is 14.6. The molecule has 138 valence electrons. The van der Waals surface area contributed by atoms with E-state index < -0.39 is 0 Å². The van der Waals surface area contributed by atoms with Crippen molar-refractivity contribution in [1.82, 2.24) is 34.1 Å². The molecule has 0 aromatic carbocycles. The molecular weight excluding hydrogens is 350 g/mol. The first-order chi connectivity index (χ1) is 13.3. The number of H-pyrrole nitrogens is 1. The monoisotopic (exact) mass is 367 g/mol. The molecule has 0 atom stereocenters. The lowest BCUT2D eigenvalue weighted by atomic mass is 10.1. The SMILES string of the molecule is COc1nc(-c2cnn3ccncc23)nc2c1[nH]c(=O)n2C1CCOCC1. The van der Waals surface area contributed by atoms with Crippen molar-refractivity contribution < 1.29 is 9.47 Å². The van der Waals surface area contributed by atoms with E-state index in [-0.39, 0.29) is 11.7 Å². The van der Waals surface area contributed by atoms with E-state index in [0.29, 0.717) is 36.1 Å². The largest absolute Gasteiger partial charge is 0.479 e. The number of fused-ring (bicyclic) bond motifs is 2. The van der Waals surface area contributed by atoms with Gasteiger partial charge in [0.1, 0.15) is 5.52 Å². The van der Waals surface area contributed by atoms with Gasteiger partial charge in [0.25, 0.3) is 0 Å². The molecule has 1 fully saturated rings. The Morgan fingerprint density at radius 1 is 1.26 bits per heavy atom. The predicted octanol–water partition coefficient (Wildman–Crippen LogP) is 1.19. The molecular formula is C17H17N7O3. The lowest BCUT2D eigenvalue weighted by molar-refractivity contribution is 0.0697. The van der Waals surface area contributed by atoms with E-state index in [9.17, 15) is 4.79 Å². The Balaban J connectivity index is 1.75. The smallest absolute Gasteiger partial charge is 0.328 e. The normalized spacial score (nSPS) is 15.6. The van der Waals surface area contributed by atoms with E-state index in [1.165, 1.54) is 7.11 Å². The maximum absolute atomic E-state index is 12.6. The summed E-state index contributed by atoms with van der Waals surface area (Å²) in [5.41, 5.74) is 2.29. The van der Waals surface area contributed by atoms with Crippen LogP contribution >= 0.6 is 0 Å². The van der Waals surface area contributed by atoms with Crippen LogP contribution in [0.25, 0.3) is 28.1 Å². The van der Waals surface area contributed by atoms with Gasteiger partial charge in [0.05, 0.1) is 30.6 Å². The minimum Gasteiger partial charge on any atom is -0.479 e. The molecule has 1 N–H and O–H groups in total. The van der Waals surface area contributed by atoms with Crippen molar-refractivity contribution in [2.45, 2.75) is 18.9 Å². The quantitative estimate of drug-likeness (QED) is 0.579. The van der Waals surface area contributed by atoms with Crippen LogP contribution in [0.2, 0.25) is 0 Å². The highest BCUT2D eigenvalue weighted by Gasteiger charge is 2.24. The Bertz CT molecular complexity index is 1190. The number of aromatic nitrogens is 7. The van der Waals surface area contributed by atoms with Crippen molar-refractivity contribution in [3.8, 4) is 17.3 Å². The number of ether oxygens (including phenoxy) is 2. The second kappa shape index (κ2) is 6.16. The number of rotatable bonds is 3. The molecule has 0 aliphatic carbocycles. The summed E-state index contributed by atoms with van der Waals surface area (Å²) < 4.78 is 14.2. The highest BCUT2D eigenvalue weighted by atomic mass is 16.5. The highest BCUT2D eigenvalue weighted by Crippen LogP contribution is 2.29. The van der Waals surface area contributed by atoms with Crippen LogP contribution in [0, 0.1) is 0 Å². The fourth-order valence-electron chi connectivity index (χ4n) is 3.53. The van der Waals surface area contributed by atoms with E-state index in [0.717, 1.165) is 23.9 Å². The molecule has 0 spiro atoms. The topological polar surface area (TPSA) is 112 Å². The molecule has 27 heavy (non-hydrogen) atoms. The minimum atomic E-state index is -0.219. The molecule has 0 amide bonds. The Labute approximate surface area is 152 Å². The predicted molar refractivity (Wildman–Crippen MR) is 95.8 cm³/mol. The lowest BCUT2D eigenvalue weighted by Gasteiger charge is -2.22. The average molecular weight is 367 g/mol. The van der Waals surface area contributed by atoms with Gasteiger partial charge in [0.2, 0.25) is 5.88 Å². The van der Waals surface area contributed by atoms with Crippen molar-refractivity contribution in [3.63, 3.8) is 0 Å². The van der Waals surface area contributed by atoms with E-state index in [1.54, 1.807) is 33.9 Å². The second-order valence-electron chi connectivity index (χ2n) is 6.36. The maximum Gasteiger partial charge on any atom is 0.328 e. The van der Waals surface area contributed by atoms with E-state index in [4.69, 9.17) is 14.5 Å². The van der Waals surface area contributed by atoms with Gasteiger partial charge in [-0.3, -0.25) is 14.5 Å². The van der Waals surface area contributed by atoms with Gasteiger partial charge in [-0.25, -0.2) is 14.3 Å². The van der Waals surface area contributed by atoms with Crippen molar-refractivity contribution in [2.75, 3.05) is 20.3 Å². The molecule has 1 aliphatic heterocycles. The van der Waals surface area contributed by atoms with Crippen LogP contribution in [-0.2, 0) is 4.74 Å². The fraction of sp³-hybridized carbons (Fsp3) is 0.353. The third-order valence-electron chi connectivity index (χ3n) is 4.85. The number of hydrogen-bond acceptors (Lipinski definition) is 7. The molecule has 4 aromatic rings. The molecule has 10 nitrogen and oxygen atoms in total. The maximum atomic E-state index is 12.6. The van der Waals surface area contributed by atoms with Crippen LogP contribution in [0.1, 0.15) is 18.9 Å². The number of aromatic amines is 1. The van der Waals surface area contributed by atoms with Gasteiger partial charge in [-0.15, -0.1) is 0 Å². The Morgan fingerprint density at radius 2 is 2.11 bits per heavy atom. The number of hydrogen-bond donors (Lipinski definition) is 1. The van der Waals surface area contributed by atoms with Crippen molar-refractivity contribution in [1.29, 1.82) is 0 Å². The molecule has 4 aromatic heterocycles. The first-order valence-corrected chi connectivity index (χ1v) is 8.68. The van der Waals surface area contributed by atoms with Gasteiger partial charge in [-0.2, -0.15) is 10.1 Å². The number of nitrogens with zero attached hydrogens (tertiary/aromatic N) is 6. The van der Waals surface area contributed by atoms with Gasteiger partial charge >= 0.3 is 5.69 Å². The third kappa shape index (κ3) is 2.48. The van der Waals surface area contributed by atoms with Crippen molar-refractivity contribution >= 4 is 16.7 Å². The summed E-state index contributed by atoms with van der Waals surface area (Å²) in [4.78, 5) is 28.8. The fourth-order valence-corrected chi connectivity index (χ4v) is 3.53. The van der Waals surface area contributed by atoms with Gasteiger partial charge in [-0.1, -0.05) is 0 Å². The second-order valence-corrected chi connectivity index (χ2v) is 6.36. The van der Waals surface area contributed by atoms with Crippen LogP contribution in [-0.4, -0.2) is 54.4 Å². The number of imidazole rings is 1. The van der Waals surface area contributed by atoms with Crippen LogP contribution in [0.3, 0.4) is 0 Å². The van der Waals surface area contributed by atoms with Gasteiger partial charge in [0, 0.05) is 31.6 Å². The van der Waals surface area contributed by atoms with E-state index >= 15 is 0 Å². The lowest BCUT2D eigenvalue weighted by Crippen LogP contribution is -2.27. The minimum absolute atomic E-state index is 0.0260. The molecule has 0 unspecified atom stereocenters. The molecule has 5 heterocycles. The molecule has 10 heteroatoms. The first-order valence-electron chi connectivity index (χ1n) is 8.68.